The van der Waals surface area contributed by atoms with E-state index in [0.717, 1.165) is 5.56 Å². The molecule has 0 aliphatic rings. The van der Waals surface area contributed by atoms with Crippen LogP contribution in [0.4, 0.5) is 4.79 Å². The molecule has 7 heteroatoms. The maximum atomic E-state index is 13.1. The van der Waals surface area contributed by atoms with Gasteiger partial charge in [-0.2, -0.15) is 0 Å². The average Bonchev–Trinajstić information content (AvgIpc) is 2.70. The van der Waals surface area contributed by atoms with Gasteiger partial charge in [0.2, 0.25) is 9.04 Å². The van der Waals surface area contributed by atoms with Crippen LogP contribution in [0, 0.1) is 5.41 Å². The van der Waals surface area contributed by atoms with Crippen LogP contribution in [0.25, 0.3) is 0 Å². The first-order valence-electron chi connectivity index (χ1n) is 11.5. The number of aromatic carboxylic acids is 1. The Balaban J connectivity index is 2.74. The number of carboxylic acids is 1. The van der Waals surface area contributed by atoms with Gasteiger partial charge in [-0.15, -0.1) is 0 Å². The van der Waals surface area contributed by atoms with Gasteiger partial charge < -0.3 is 19.6 Å². The van der Waals surface area contributed by atoms with Gasteiger partial charge in [-0.1, -0.05) is 69.3 Å². The van der Waals surface area contributed by atoms with Gasteiger partial charge >= 0.3 is 12.1 Å². The highest BCUT2D eigenvalue weighted by Crippen LogP contribution is 2.44. The Morgan fingerprint density at radius 1 is 0.912 bits per heavy atom. The quantitative estimate of drug-likeness (QED) is 0.423. The van der Waals surface area contributed by atoms with E-state index in [9.17, 15) is 14.7 Å². The molecule has 2 rings (SSSR count). The van der Waals surface area contributed by atoms with Crippen LogP contribution in [0.1, 0.15) is 75.0 Å². The molecule has 0 aliphatic carbocycles. The van der Waals surface area contributed by atoms with Crippen LogP contribution in [0.2, 0.25) is 13.1 Å². The van der Waals surface area contributed by atoms with E-state index >= 15 is 0 Å². The Morgan fingerprint density at radius 3 is 1.97 bits per heavy atom. The summed E-state index contributed by atoms with van der Waals surface area (Å²) in [6.45, 7) is 15.7. The fraction of sp³-hybridized carbons (Fsp3) is 0.481. The highest BCUT2D eigenvalue weighted by Gasteiger charge is 2.42. The van der Waals surface area contributed by atoms with Crippen molar-refractivity contribution in [2.24, 2.45) is 5.41 Å². The van der Waals surface area contributed by atoms with Gasteiger partial charge in [0.1, 0.15) is 5.60 Å². The van der Waals surface area contributed by atoms with Crippen molar-refractivity contribution >= 4 is 21.1 Å². The van der Waals surface area contributed by atoms with Crippen LogP contribution in [0.3, 0.4) is 0 Å². The van der Waals surface area contributed by atoms with E-state index in [2.05, 4.69) is 5.32 Å². The lowest BCUT2D eigenvalue weighted by molar-refractivity contribution is 0.0373. The van der Waals surface area contributed by atoms with E-state index in [1.165, 1.54) is 0 Å². The Kier molecular flexibility index (Phi) is 9.08. The fourth-order valence-corrected chi connectivity index (χ4v) is 4.97. The first kappa shape index (κ1) is 27.6. The summed E-state index contributed by atoms with van der Waals surface area (Å²) in [5, 5.41) is 13.0. The van der Waals surface area contributed by atoms with Gasteiger partial charge in [0.25, 0.3) is 0 Å². The Labute approximate surface area is 205 Å². The minimum absolute atomic E-state index is 0.212. The lowest BCUT2D eigenvalue weighted by Gasteiger charge is -2.42. The van der Waals surface area contributed by atoms with Gasteiger partial charge in [-0.3, -0.25) is 0 Å². The SMILES string of the molecule is C[Si](C)OC(c1ccccc1)C(NC(=O)OC(C)(C)C)C(c1ccccc1C(=O)O)C(C)(C)C. The second-order valence-corrected chi connectivity index (χ2v) is 12.8. The molecule has 0 heterocycles. The van der Waals surface area contributed by atoms with Crippen molar-refractivity contribution in [2.75, 3.05) is 0 Å². The molecule has 0 saturated carbocycles. The molecule has 0 fully saturated rings. The highest BCUT2D eigenvalue weighted by atomic mass is 28.3. The van der Waals surface area contributed by atoms with Gasteiger partial charge in [-0.05, 0) is 56.5 Å². The van der Waals surface area contributed by atoms with Crippen LogP contribution < -0.4 is 5.32 Å². The number of nitrogens with one attached hydrogen (secondary N) is 1. The first-order chi connectivity index (χ1) is 15.7. The van der Waals surface area contributed by atoms with E-state index in [0.29, 0.717) is 5.56 Å². The predicted molar refractivity (Wildman–Crippen MR) is 137 cm³/mol. The molecule has 3 atom stereocenters. The molecular weight excluding hydrogens is 446 g/mol. The third-order valence-corrected chi connectivity index (χ3v) is 6.04. The van der Waals surface area contributed by atoms with Crippen LogP contribution >= 0.6 is 0 Å². The van der Waals surface area contributed by atoms with Crippen LogP contribution in [-0.2, 0) is 9.16 Å². The lowest BCUT2D eigenvalue weighted by Crippen LogP contribution is -2.50. The molecule has 0 aliphatic heterocycles. The van der Waals surface area contributed by atoms with Crippen molar-refractivity contribution in [1.29, 1.82) is 0 Å². The molecule has 2 N–H and O–H groups in total. The molecule has 185 valence electrons. The number of carbonyl (C=O) groups is 2. The molecule has 0 aromatic heterocycles. The average molecular weight is 485 g/mol. The predicted octanol–water partition coefficient (Wildman–Crippen LogP) is 6.42. The van der Waals surface area contributed by atoms with Gasteiger partial charge in [0.05, 0.1) is 17.7 Å². The summed E-state index contributed by atoms with van der Waals surface area (Å²) in [6.07, 6.45) is -1.06. The van der Waals surface area contributed by atoms with E-state index < -0.39 is 44.3 Å². The maximum Gasteiger partial charge on any atom is 0.407 e. The fourth-order valence-electron chi connectivity index (χ4n) is 4.18. The number of hydrogen-bond donors (Lipinski definition) is 2. The summed E-state index contributed by atoms with van der Waals surface area (Å²) in [7, 11) is -1.19. The number of carboxylic acid groups (broad SMARTS) is 1. The molecular formula is C27H38NO5Si. The van der Waals surface area contributed by atoms with Crippen molar-refractivity contribution in [1.82, 2.24) is 5.32 Å². The summed E-state index contributed by atoms with van der Waals surface area (Å²) in [5.41, 5.74) is 0.670. The second-order valence-electron chi connectivity index (χ2n) is 10.8. The third-order valence-electron chi connectivity index (χ3n) is 5.32. The zero-order valence-corrected chi connectivity index (χ0v) is 22.5. The Bertz CT molecular complexity index is 963. The molecule has 3 unspecified atom stereocenters. The topological polar surface area (TPSA) is 84.9 Å². The number of ether oxygens (including phenoxy) is 1. The normalized spacial score (nSPS) is 14.9. The largest absolute Gasteiger partial charge is 0.478 e. The first-order valence-corrected chi connectivity index (χ1v) is 13.9. The highest BCUT2D eigenvalue weighted by molar-refractivity contribution is 6.48. The molecule has 0 spiro atoms. The molecule has 2 aromatic carbocycles. The van der Waals surface area contributed by atoms with Crippen molar-refractivity contribution in [3.63, 3.8) is 0 Å². The number of alkyl carbamates (subject to hydrolysis) is 1. The Morgan fingerprint density at radius 2 is 1.47 bits per heavy atom. The molecule has 0 bridgehead atoms. The van der Waals surface area contributed by atoms with Crippen molar-refractivity contribution < 1.29 is 23.9 Å². The minimum Gasteiger partial charge on any atom is -0.478 e. The Hall–Kier alpha value is -2.64. The van der Waals surface area contributed by atoms with Crippen molar-refractivity contribution in [2.45, 2.75) is 78.3 Å². The zero-order valence-electron chi connectivity index (χ0n) is 21.5. The van der Waals surface area contributed by atoms with Crippen LogP contribution in [0.5, 0.6) is 0 Å². The molecule has 1 radical (unpaired) electrons. The monoisotopic (exact) mass is 484 g/mol. The zero-order chi connectivity index (χ0) is 25.7. The smallest absolute Gasteiger partial charge is 0.407 e. The number of rotatable bonds is 8. The van der Waals surface area contributed by atoms with Crippen molar-refractivity contribution in [3.05, 3.63) is 71.3 Å². The van der Waals surface area contributed by atoms with Crippen molar-refractivity contribution in [3.8, 4) is 0 Å². The summed E-state index contributed by atoms with van der Waals surface area (Å²) in [4.78, 5) is 25.2. The standard InChI is InChI=1S/C27H38NO5Si/c1-26(2,3)21(19-16-12-13-17-20(19)24(29)30)22(28-25(31)32-27(4,5)6)23(33-34(7)8)18-14-10-9-11-15-18/h9-17,21-23H,1-8H3,(H,28,31)(H,29,30). The van der Waals surface area contributed by atoms with E-state index in [1.807, 2.05) is 97.1 Å². The number of hydrogen-bond acceptors (Lipinski definition) is 4. The van der Waals surface area contributed by atoms with Gasteiger partial charge in [0, 0.05) is 5.92 Å². The van der Waals surface area contributed by atoms with E-state index in [1.54, 1.807) is 12.1 Å². The number of amides is 1. The molecule has 6 nitrogen and oxygen atoms in total. The van der Waals surface area contributed by atoms with Crippen LogP contribution in [0.15, 0.2) is 54.6 Å². The molecule has 1 amide bonds. The maximum absolute atomic E-state index is 13.1. The molecule has 34 heavy (non-hydrogen) atoms. The summed E-state index contributed by atoms with van der Waals surface area (Å²) < 4.78 is 12.1. The number of benzene rings is 2. The summed E-state index contributed by atoms with van der Waals surface area (Å²) in [5.74, 6) is -1.40. The summed E-state index contributed by atoms with van der Waals surface area (Å²) >= 11 is 0. The lowest BCUT2D eigenvalue weighted by atomic mass is 9.69. The van der Waals surface area contributed by atoms with Gasteiger partial charge in [0.15, 0.2) is 0 Å². The van der Waals surface area contributed by atoms with E-state index in [-0.39, 0.29) is 11.5 Å². The minimum atomic E-state index is -1.19. The molecule has 0 saturated heterocycles. The third kappa shape index (κ3) is 7.70. The van der Waals surface area contributed by atoms with Crippen LogP contribution in [-0.4, -0.2) is 37.9 Å². The van der Waals surface area contributed by atoms with Gasteiger partial charge in [-0.25, -0.2) is 9.59 Å². The second kappa shape index (κ2) is 11.2. The summed E-state index contributed by atoms with van der Waals surface area (Å²) in [6, 6.07) is 16.1. The molecule has 2 aromatic rings. The number of carbonyl (C=O) groups excluding carboxylic acids is 1. The van der Waals surface area contributed by atoms with E-state index in [4.69, 9.17) is 9.16 Å².